The molecule has 0 radical (unpaired) electrons. The molecule has 15 heavy (non-hydrogen) atoms. The van der Waals surface area contributed by atoms with E-state index in [0.29, 0.717) is 0 Å². The quantitative estimate of drug-likeness (QED) is 0.633. The third-order valence-corrected chi connectivity index (χ3v) is 2.93. The van der Waals surface area contributed by atoms with Crippen molar-refractivity contribution in [1.82, 2.24) is 0 Å². The predicted molar refractivity (Wildman–Crippen MR) is 58.6 cm³/mol. The van der Waals surface area contributed by atoms with Crippen molar-refractivity contribution in [2.45, 2.75) is 39.7 Å². The molecule has 1 unspecified atom stereocenters. The van der Waals surface area contributed by atoms with E-state index < -0.39 is 0 Å². The summed E-state index contributed by atoms with van der Waals surface area (Å²) in [6.45, 7) is 6.52. The number of fused-ring (bicyclic) bond motifs is 1. The average molecular weight is 208 g/mol. The Kier molecular flexibility index (Phi) is 2.45. The summed E-state index contributed by atoms with van der Waals surface area (Å²) in [6, 6.07) is 4.78. The van der Waals surface area contributed by atoms with E-state index in [-0.39, 0.29) is 17.3 Å². The Bertz CT molecular complexity index is 365. The number of aryl methyl sites for hydroxylation is 1. The van der Waals surface area contributed by atoms with Crippen LogP contribution < -0.4 is 4.74 Å². The molecule has 0 spiro atoms. The molecule has 0 aromatic heterocycles. The van der Waals surface area contributed by atoms with Crippen LogP contribution in [-0.4, -0.2) is 6.10 Å². The Morgan fingerprint density at radius 2 is 2.07 bits per heavy atom. The minimum Gasteiger partial charge on any atom is -0.490 e. The van der Waals surface area contributed by atoms with Crippen LogP contribution in [0.4, 0.5) is 4.39 Å². The molecule has 82 valence electrons. The Labute approximate surface area is 90.3 Å². The number of rotatable bonds is 0. The molecule has 0 amide bonds. The first kappa shape index (κ1) is 10.5. The van der Waals surface area contributed by atoms with E-state index in [0.717, 1.165) is 24.2 Å². The monoisotopic (exact) mass is 208 g/mol. The Morgan fingerprint density at radius 3 is 2.73 bits per heavy atom. The second kappa shape index (κ2) is 3.51. The maximum Gasteiger partial charge on any atom is 0.123 e. The second-order valence-electron chi connectivity index (χ2n) is 5.26. The first-order valence-electron chi connectivity index (χ1n) is 5.42. The lowest BCUT2D eigenvalue weighted by atomic mass is 9.84. The molecule has 0 N–H and O–H groups in total. The maximum absolute atomic E-state index is 13.0. The lowest BCUT2D eigenvalue weighted by molar-refractivity contribution is 0.0673. The van der Waals surface area contributed by atoms with Gasteiger partial charge in [0.1, 0.15) is 17.7 Å². The first-order chi connectivity index (χ1) is 6.97. The molecule has 0 saturated carbocycles. The Morgan fingerprint density at radius 1 is 1.33 bits per heavy atom. The number of ether oxygens (including phenoxy) is 1. The van der Waals surface area contributed by atoms with Gasteiger partial charge in [-0.3, -0.25) is 0 Å². The fraction of sp³-hybridized carbons (Fsp3) is 0.538. The minimum atomic E-state index is -0.174. The zero-order valence-corrected chi connectivity index (χ0v) is 9.51. The molecule has 1 nitrogen and oxygen atoms in total. The van der Waals surface area contributed by atoms with E-state index in [4.69, 9.17) is 4.74 Å². The van der Waals surface area contributed by atoms with Gasteiger partial charge in [-0.15, -0.1) is 0 Å². The smallest absolute Gasteiger partial charge is 0.123 e. The molecular formula is C13H17FO. The van der Waals surface area contributed by atoms with Gasteiger partial charge in [-0.1, -0.05) is 20.8 Å². The van der Waals surface area contributed by atoms with Crippen molar-refractivity contribution in [3.8, 4) is 5.75 Å². The van der Waals surface area contributed by atoms with Gasteiger partial charge in [-0.05, 0) is 42.0 Å². The van der Waals surface area contributed by atoms with Crippen molar-refractivity contribution in [3.05, 3.63) is 29.6 Å². The lowest BCUT2D eigenvalue weighted by Gasteiger charge is -2.35. The topological polar surface area (TPSA) is 9.23 Å². The van der Waals surface area contributed by atoms with E-state index in [1.54, 1.807) is 12.1 Å². The zero-order chi connectivity index (χ0) is 11.1. The lowest BCUT2D eigenvalue weighted by Crippen LogP contribution is -2.35. The Hall–Kier alpha value is -1.05. The molecule has 1 aromatic rings. The van der Waals surface area contributed by atoms with Crippen molar-refractivity contribution >= 4 is 0 Å². The van der Waals surface area contributed by atoms with Crippen molar-refractivity contribution in [3.63, 3.8) is 0 Å². The molecule has 2 rings (SSSR count). The van der Waals surface area contributed by atoms with Crippen LogP contribution in [0.3, 0.4) is 0 Å². The number of hydrogen-bond donors (Lipinski definition) is 0. The fourth-order valence-corrected chi connectivity index (χ4v) is 1.97. The van der Waals surface area contributed by atoms with E-state index >= 15 is 0 Å². The fourth-order valence-electron chi connectivity index (χ4n) is 1.97. The van der Waals surface area contributed by atoms with Crippen LogP contribution in [0.5, 0.6) is 5.75 Å². The molecule has 1 heterocycles. The van der Waals surface area contributed by atoms with Crippen LogP contribution in [0.2, 0.25) is 0 Å². The summed E-state index contributed by atoms with van der Waals surface area (Å²) in [7, 11) is 0. The zero-order valence-electron chi connectivity index (χ0n) is 9.51. The van der Waals surface area contributed by atoms with Crippen molar-refractivity contribution in [2.75, 3.05) is 0 Å². The predicted octanol–water partition coefficient (Wildman–Crippen LogP) is 3.57. The minimum absolute atomic E-state index is 0.145. The van der Waals surface area contributed by atoms with Crippen LogP contribution in [0.15, 0.2) is 18.2 Å². The summed E-state index contributed by atoms with van der Waals surface area (Å²) < 4.78 is 18.9. The van der Waals surface area contributed by atoms with Crippen LogP contribution >= 0.6 is 0 Å². The van der Waals surface area contributed by atoms with Gasteiger partial charge in [0.05, 0.1) is 0 Å². The van der Waals surface area contributed by atoms with Gasteiger partial charge in [0.2, 0.25) is 0 Å². The van der Waals surface area contributed by atoms with Crippen molar-refractivity contribution in [1.29, 1.82) is 0 Å². The summed E-state index contributed by atoms with van der Waals surface area (Å²) in [5.41, 5.74) is 1.14. The third kappa shape index (κ3) is 2.14. The van der Waals surface area contributed by atoms with Crippen LogP contribution in [0, 0.1) is 11.2 Å². The molecule has 0 saturated heterocycles. The average Bonchev–Trinajstić information content (AvgIpc) is 2.15. The summed E-state index contributed by atoms with van der Waals surface area (Å²) >= 11 is 0. The van der Waals surface area contributed by atoms with E-state index in [2.05, 4.69) is 20.8 Å². The van der Waals surface area contributed by atoms with Gasteiger partial charge in [-0.2, -0.15) is 0 Å². The van der Waals surface area contributed by atoms with Gasteiger partial charge in [0.15, 0.2) is 0 Å². The number of hydrogen-bond acceptors (Lipinski definition) is 1. The first-order valence-corrected chi connectivity index (χ1v) is 5.42. The molecule has 0 bridgehead atoms. The Balaban J connectivity index is 2.24. The number of benzene rings is 1. The second-order valence-corrected chi connectivity index (χ2v) is 5.26. The summed E-state index contributed by atoms with van der Waals surface area (Å²) in [5, 5.41) is 0. The molecule has 1 aliphatic rings. The van der Waals surface area contributed by atoms with Gasteiger partial charge in [-0.25, -0.2) is 4.39 Å². The molecule has 1 aromatic carbocycles. The molecule has 2 heteroatoms. The maximum atomic E-state index is 13.0. The SMILES string of the molecule is CC(C)(C)C1CCc2cc(F)ccc2O1. The molecule has 0 fully saturated rings. The third-order valence-electron chi connectivity index (χ3n) is 2.93. The van der Waals surface area contributed by atoms with Gasteiger partial charge < -0.3 is 4.74 Å². The van der Waals surface area contributed by atoms with Crippen LogP contribution in [0.25, 0.3) is 0 Å². The summed E-state index contributed by atoms with van der Waals surface area (Å²) in [4.78, 5) is 0. The highest BCUT2D eigenvalue weighted by Gasteiger charge is 2.30. The van der Waals surface area contributed by atoms with E-state index in [1.807, 2.05) is 0 Å². The van der Waals surface area contributed by atoms with Gasteiger partial charge in [0, 0.05) is 0 Å². The van der Waals surface area contributed by atoms with E-state index in [9.17, 15) is 4.39 Å². The van der Waals surface area contributed by atoms with Gasteiger partial charge >= 0.3 is 0 Å². The highest BCUT2D eigenvalue weighted by Crippen LogP contribution is 2.35. The van der Waals surface area contributed by atoms with E-state index in [1.165, 1.54) is 6.07 Å². The standard InChI is InChI=1S/C13H17FO/c1-13(2,3)12-7-4-9-8-10(14)5-6-11(9)15-12/h5-6,8,12H,4,7H2,1-3H3. The van der Waals surface area contributed by atoms with Gasteiger partial charge in [0.25, 0.3) is 0 Å². The molecule has 1 aliphatic heterocycles. The van der Waals surface area contributed by atoms with Crippen molar-refractivity contribution < 1.29 is 9.13 Å². The molecule has 0 aliphatic carbocycles. The molecule has 1 atom stereocenters. The largest absolute Gasteiger partial charge is 0.490 e. The highest BCUT2D eigenvalue weighted by molar-refractivity contribution is 5.36. The van der Waals surface area contributed by atoms with Crippen molar-refractivity contribution in [2.24, 2.45) is 5.41 Å². The molecular weight excluding hydrogens is 191 g/mol. The number of halogens is 1. The van der Waals surface area contributed by atoms with Crippen LogP contribution in [0.1, 0.15) is 32.8 Å². The normalized spacial score (nSPS) is 20.7. The van der Waals surface area contributed by atoms with Crippen LogP contribution in [-0.2, 0) is 6.42 Å². The summed E-state index contributed by atoms with van der Waals surface area (Å²) in [5.74, 6) is 0.675. The summed E-state index contributed by atoms with van der Waals surface area (Å²) in [6.07, 6.45) is 2.12. The highest BCUT2D eigenvalue weighted by atomic mass is 19.1.